The number of piperidine rings is 1. The summed E-state index contributed by atoms with van der Waals surface area (Å²) in [6, 6.07) is 2.12. The minimum atomic E-state index is -0.0257. The highest BCUT2D eigenvalue weighted by molar-refractivity contribution is 5.79. The fourth-order valence-electron chi connectivity index (χ4n) is 2.45. The fourth-order valence-corrected chi connectivity index (χ4v) is 2.45. The Morgan fingerprint density at radius 2 is 2.33 bits per heavy atom. The van der Waals surface area contributed by atoms with Gasteiger partial charge in [0.25, 0.3) is 5.56 Å². The van der Waals surface area contributed by atoms with Gasteiger partial charge in [-0.25, -0.2) is 4.68 Å². The average Bonchev–Trinajstić information content (AvgIpc) is 2.43. The molecule has 3 heterocycles. The lowest BCUT2D eigenvalue weighted by molar-refractivity contribution is 0.346. The fraction of sp³-hybridized carbons (Fsp3) is 0.462. The van der Waals surface area contributed by atoms with Crippen LogP contribution in [0.1, 0.15) is 19.3 Å². The first-order chi connectivity index (χ1) is 8.84. The first kappa shape index (κ1) is 11.3. The third-order valence-corrected chi connectivity index (χ3v) is 3.46. The summed E-state index contributed by atoms with van der Waals surface area (Å²) in [6.45, 7) is 1.69. The van der Waals surface area contributed by atoms with E-state index < -0.39 is 0 Å². The van der Waals surface area contributed by atoms with Gasteiger partial charge in [-0.15, -0.1) is 0 Å². The number of hydrogen-bond donors (Lipinski definition) is 1. The van der Waals surface area contributed by atoms with Gasteiger partial charge in [-0.05, 0) is 25.5 Å². The van der Waals surface area contributed by atoms with Crippen LogP contribution in [0.25, 0.3) is 10.8 Å². The first-order valence-corrected chi connectivity index (χ1v) is 6.38. The number of pyridine rings is 1. The van der Waals surface area contributed by atoms with Crippen molar-refractivity contribution in [1.82, 2.24) is 20.1 Å². The number of hydrogen-bond acceptors (Lipinski definition) is 4. The lowest BCUT2D eigenvalue weighted by Crippen LogP contribution is -2.40. The lowest BCUT2D eigenvalue weighted by Gasteiger charge is -2.23. The molecule has 0 bridgehead atoms. The molecule has 5 nitrogen and oxygen atoms in total. The van der Waals surface area contributed by atoms with Crippen LogP contribution < -0.4 is 10.9 Å². The molecule has 5 heteroatoms. The largest absolute Gasteiger partial charge is 0.312 e. The second kappa shape index (κ2) is 4.86. The quantitative estimate of drug-likeness (QED) is 0.854. The van der Waals surface area contributed by atoms with Crippen molar-refractivity contribution in [3.8, 4) is 0 Å². The number of fused-ring (bicyclic) bond motifs is 1. The standard InChI is InChI=1S/C13H16N4O/c18-13-12-4-6-14-7-10(12)8-16-17(13)9-11-3-1-2-5-15-11/h4,6-8,11,15H,1-3,5,9H2/t11-/m0/s1. The number of aromatic nitrogens is 3. The molecule has 1 fully saturated rings. The Labute approximate surface area is 105 Å². The Balaban J connectivity index is 1.92. The Kier molecular flexibility index (Phi) is 3.06. The van der Waals surface area contributed by atoms with Crippen molar-refractivity contribution in [2.45, 2.75) is 31.8 Å². The van der Waals surface area contributed by atoms with E-state index in [9.17, 15) is 4.79 Å². The molecule has 1 atom stereocenters. The van der Waals surface area contributed by atoms with Crippen molar-refractivity contribution in [1.29, 1.82) is 0 Å². The Bertz CT molecular complexity index is 601. The van der Waals surface area contributed by atoms with Gasteiger partial charge in [0.1, 0.15) is 0 Å². The van der Waals surface area contributed by atoms with E-state index in [4.69, 9.17) is 0 Å². The van der Waals surface area contributed by atoms with Crippen LogP contribution in [0.2, 0.25) is 0 Å². The van der Waals surface area contributed by atoms with E-state index in [0.29, 0.717) is 18.0 Å². The molecule has 3 rings (SSSR count). The molecule has 0 spiro atoms. The van der Waals surface area contributed by atoms with Crippen LogP contribution in [0.3, 0.4) is 0 Å². The first-order valence-electron chi connectivity index (χ1n) is 6.38. The molecule has 0 aromatic carbocycles. The van der Waals surface area contributed by atoms with Crippen molar-refractivity contribution >= 4 is 10.8 Å². The summed E-state index contributed by atoms with van der Waals surface area (Å²) in [7, 11) is 0. The topological polar surface area (TPSA) is 59.8 Å². The highest BCUT2D eigenvalue weighted by atomic mass is 16.1. The zero-order valence-electron chi connectivity index (χ0n) is 10.2. The minimum Gasteiger partial charge on any atom is -0.312 e. The maximum absolute atomic E-state index is 12.2. The van der Waals surface area contributed by atoms with Crippen LogP contribution in [0, 0.1) is 0 Å². The van der Waals surface area contributed by atoms with Crippen molar-refractivity contribution < 1.29 is 0 Å². The molecule has 1 N–H and O–H groups in total. The van der Waals surface area contributed by atoms with Gasteiger partial charge in [0.05, 0.1) is 18.1 Å². The molecule has 18 heavy (non-hydrogen) atoms. The normalized spacial score (nSPS) is 20.1. The van der Waals surface area contributed by atoms with Crippen LogP contribution >= 0.6 is 0 Å². The van der Waals surface area contributed by atoms with Crippen LogP contribution in [0.5, 0.6) is 0 Å². The number of nitrogens with one attached hydrogen (secondary N) is 1. The van der Waals surface area contributed by atoms with E-state index in [1.165, 1.54) is 12.8 Å². The van der Waals surface area contributed by atoms with Crippen LogP contribution in [0.4, 0.5) is 0 Å². The van der Waals surface area contributed by atoms with Crippen LogP contribution in [0.15, 0.2) is 29.5 Å². The molecule has 2 aromatic rings. The summed E-state index contributed by atoms with van der Waals surface area (Å²) in [5.74, 6) is 0. The molecule has 1 saturated heterocycles. The second-order valence-electron chi connectivity index (χ2n) is 4.74. The second-order valence-corrected chi connectivity index (χ2v) is 4.74. The Morgan fingerprint density at radius 1 is 1.39 bits per heavy atom. The van der Waals surface area contributed by atoms with E-state index >= 15 is 0 Å². The van der Waals surface area contributed by atoms with E-state index in [0.717, 1.165) is 18.4 Å². The minimum absolute atomic E-state index is 0.0257. The van der Waals surface area contributed by atoms with Gasteiger partial charge in [-0.3, -0.25) is 9.78 Å². The molecule has 0 amide bonds. The van der Waals surface area contributed by atoms with Crippen molar-refractivity contribution in [3.63, 3.8) is 0 Å². The van der Waals surface area contributed by atoms with E-state index in [2.05, 4.69) is 15.4 Å². The smallest absolute Gasteiger partial charge is 0.274 e. The summed E-state index contributed by atoms with van der Waals surface area (Å²) in [5.41, 5.74) is -0.0257. The SMILES string of the molecule is O=c1c2ccncc2cnn1C[C@@H]1CCCCN1. The van der Waals surface area contributed by atoms with Gasteiger partial charge in [0, 0.05) is 23.8 Å². The summed E-state index contributed by atoms with van der Waals surface area (Å²) < 4.78 is 1.56. The third kappa shape index (κ3) is 2.13. The molecular weight excluding hydrogens is 228 g/mol. The zero-order valence-corrected chi connectivity index (χ0v) is 10.2. The number of nitrogens with zero attached hydrogens (tertiary/aromatic N) is 3. The Hall–Kier alpha value is -1.75. The van der Waals surface area contributed by atoms with E-state index in [-0.39, 0.29) is 5.56 Å². The third-order valence-electron chi connectivity index (χ3n) is 3.46. The maximum atomic E-state index is 12.2. The Morgan fingerprint density at radius 3 is 3.17 bits per heavy atom. The average molecular weight is 244 g/mol. The summed E-state index contributed by atoms with van der Waals surface area (Å²) in [5, 5.41) is 9.15. The predicted octanol–water partition coefficient (Wildman–Crippen LogP) is 0.934. The summed E-state index contributed by atoms with van der Waals surface area (Å²) in [4.78, 5) is 16.2. The van der Waals surface area contributed by atoms with E-state index in [1.807, 2.05) is 0 Å². The van der Waals surface area contributed by atoms with Crippen molar-refractivity contribution in [2.75, 3.05) is 6.54 Å². The van der Waals surface area contributed by atoms with Gasteiger partial charge in [0.2, 0.25) is 0 Å². The van der Waals surface area contributed by atoms with Gasteiger partial charge in [-0.2, -0.15) is 5.10 Å². The van der Waals surface area contributed by atoms with Gasteiger partial charge < -0.3 is 5.32 Å². The lowest BCUT2D eigenvalue weighted by atomic mass is 10.1. The number of rotatable bonds is 2. The molecule has 2 aromatic heterocycles. The van der Waals surface area contributed by atoms with Crippen LogP contribution in [-0.2, 0) is 6.54 Å². The van der Waals surface area contributed by atoms with Gasteiger partial charge in [-0.1, -0.05) is 6.42 Å². The van der Waals surface area contributed by atoms with Crippen molar-refractivity contribution in [3.05, 3.63) is 35.0 Å². The molecule has 0 saturated carbocycles. The van der Waals surface area contributed by atoms with E-state index in [1.54, 1.807) is 29.3 Å². The van der Waals surface area contributed by atoms with Crippen LogP contribution in [-0.4, -0.2) is 27.4 Å². The van der Waals surface area contributed by atoms with Crippen molar-refractivity contribution in [2.24, 2.45) is 0 Å². The maximum Gasteiger partial charge on any atom is 0.274 e. The monoisotopic (exact) mass is 244 g/mol. The molecule has 1 aliphatic heterocycles. The van der Waals surface area contributed by atoms with Gasteiger partial charge >= 0.3 is 0 Å². The molecule has 1 aliphatic rings. The summed E-state index contributed by atoms with van der Waals surface area (Å²) >= 11 is 0. The molecule has 0 aliphatic carbocycles. The molecular formula is C13H16N4O. The molecule has 0 unspecified atom stereocenters. The van der Waals surface area contributed by atoms with Gasteiger partial charge in [0.15, 0.2) is 0 Å². The molecule has 0 radical (unpaired) electrons. The zero-order chi connectivity index (χ0) is 12.4. The predicted molar refractivity (Wildman–Crippen MR) is 69.4 cm³/mol. The highest BCUT2D eigenvalue weighted by Crippen LogP contribution is 2.09. The molecule has 94 valence electrons. The summed E-state index contributed by atoms with van der Waals surface area (Å²) in [6.07, 6.45) is 8.60. The highest BCUT2D eigenvalue weighted by Gasteiger charge is 2.14.